The van der Waals surface area contributed by atoms with Crippen LogP contribution in [-0.4, -0.2) is 25.2 Å². The summed E-state index contributed by atoms with van der Waals surface area (Å²) in [6.07, 6.45) is 0. The number of sulfonamides is 1. The van der Waals surface area contributed by atoms with E-state index < -0.39 is 10.0 Å². The first-order valence-electron chi connectivity index (χ1n) is 8.81. The number of hydrogen-bond acceptors (Lipinski definition) is 6. The molecule has 3 aromatic rings. The molecule has 0 spiro atoms. The number of nitrogens with zero attached hydrogens (tertiary/aromatic N) is 2. The predicted molar refractivity (Wildman–Crippen MR) is 110 cm³/mol. The molecule has 0 unspecified atom stereocenters. The molecule has 2 N–H and O–H groups in total. The summed E-state index contributed by atoms with van der Waals surface area (Å²) in [5, 5.41) is 11.1. The number of para-hydroxylation sites is 2. The van der Waals surface area contributed by atoms with Crippen LogP contribution in [0, 0.1) is 13.8 Å². The van der Waals surface area contributed by atoms with Crippen molar-refractivity contribution >= 4 is 27.3 Å². The number of ether oxygens (including phenoxy) is 1. The highest BCUT2D eigenvalue weighted by Crippen LogP contribution is 2.27. The molecular formula is C20H22N4O3S. The van der Waals surface area contributed by atoms with E-state index in [1.165, 1.54) is 0 Å². The molecule has 0 aliphatic carbocycles. The normalized spacial score (nSPS) is 11.1. The van der Waals surface area contributed by atoms with Crippen LogP contribution in [0.5, 0.6) is 5.75 Å². The number of aromatic nitrogens is 2. The van der Waals surface area contributed by atoms with Crippen molar-refractivity contribution in [1.29, 1.82) is 0 Å². The van der Waals surface area contributed by atoms with Gasteiger partial charge in [-0.3, -0.25) is 4.72 Å². The fourth-order valence-corrected chi connectivity index (χ4v) is 3.96. The second-order valence-electron chi connectivity index (χ2n) is 6.23. The maximum Gasteiger partial charge on any atom is 0.263 e. The lowest BCUT2D eigenvalue weighted by Gasteiger charge is -2.12. The van der Waals surface area contributed by atoms with Gasteiger partial charge in [0.05, 0.1) is 17.2 Å². The van der Waals surface area contributed by atoms with Gasteiger partial charge >= 0.3 is 0 Å². The van der Waals surface area contributed by atoms with Gasteiger partial charge in [0, 0.05) is 0 Å². The highest BCUT2D eigenvalue weighted by atomic mass is 32.2. The van der Waals surface area contributed by atoms with Gasteiger partial charge in [-0.1, -0.05) is 24.3 Å². The quantitative estimate of drug-likeness (QED) is 0.624. The van der Waals surface area contributed by atoms with E-state index in [0.29, 0.717) is 23.7 Å². The average Bonchev–Trinajstić information content (AvgIpc) is 2.67. The highest BCUT2D eigenvalue weighted by molar-refractivity contribution is 7.92. The van der Waals surface area contributed by atoms with Gasteiger partial charge in [0.1, 0.15) is 5.75 Å². The van der Waals surface area contributed by atoms with Crippen LogP contribution < -0.4 is 14.8 Å². The van der Waals surface area contributed by atoms with Crippen LogP contribution in [0.25, 0.3) is 0 Å². The van der Waals surface area contributed by atoms with E-state index in [1.54, 1.807) is 31.2 Å². The van der Waals surface area contributed by atoms with Crippen LogP contribution in [0.1, 0.15) is 18.1 Å². The van der Waals surface area contributed by atoms with Crippen LogP contribution in [-0.2, 0) is 10.0 Å². The standard InChI is InChI=1S/C20H22N4O3S/c1-4-27-17-8-6-5-7-16(17)21-19-11-12-20(23-22-19)24-28(25,26)18-13-14(2)9-10-15(18)3/h5-13H,4H2,1-3H3,(H,21,22)(H,23,24). The maximum atomic E-state index is 12.7. The SMILES string of the molecule is CCOc1ccccc1Nc1ccc(NS(=O)(=O)c2cc(C)ccc2C)nn1. The number of aryl methyl sites for hydroxylation is 2. The molecule has 0 bridgehead atoms. The van der Waals surface area contributed by atoms with E-state index in [4.69, 9.17) is 4.74 Å². The molecule has 0 amide bonds. The molecule has 1 aromatic heterocycles. The molecule has 3 rings (SSSR count). The van der Waals surface area contributed by atoms with Crippen LogP contribution in [0.15, 0.2) is 59.5 Å². The first kappa shape index (κ1) is 19.6. The van der Waals surface area contributed by atoms with E-state index in [-0.39, 0.29) is 10.7 Å². The molecule has 0 fully saturated rings. The van der Waals surface area contributed by atoms with E-state index >= 15 is 0 Å². The summed E-state index contributed by atoms with van der Waals surface area (Å²) in [6, 6.07) is 16.0. The Balaban J connectivity index is 1.77. The molecule has 2 aromatic carbocycles. The van der Waals surface area contributed by atoms with Gasteiger partial charge in [-0.05, 0) is 62.2 Å². The zero-order valence-corrected chi connectivity index (χ0v) is 16.7. The first-order chi connectivity index (χ1) is 13.4. The molecule has 1 heterocycles. The fourth-order valence-electron chi connectivity index (χ4n) is 2.63. The van der Waals surface area contributed by atoms with E-state index in [2.05, 4.69) is 20.2 Å². The largest absolute Gasteiger partial charge is 0.492 e. The van der Waals surface area contributed by atoms with Crippen molar-refractivity contribution in [1.82, 2.24) is 10.2 Å². The summed E-state index contributed by atoms with van der Waals surface area (Å²) >= 11 is 0. The van der Waals surface area contributed by atoms with Crippen molar-refractivity contribution in [2.45, 2.75) is 25.7 Å². The summed E-state index contributed by atoms with van der Waals surface area (Å²) in [5.41, 5.74) is 2.28. The molecular weight excluding hydrogens is 376 g/mol. The zero-order chi connectivity index (χ0) is 20.1. The molecule has 0 aliphatic heterocycles. The Kier molecular flexibility index (Phi) is 5.79. The molecule has 0 saturated heterocycles. The first-order valence-corrected chi connectivity index (χ1v) is 10.3. The Morgan fingerprint density at radius 2 is 1.68 bits per heavy atom. The lowest BCUT2D eigenvalue weighted by Crippen LogP contribution is -2.15. The molecule has 28 heavy (non-hydrogen) atoms. The van der Waals surface area contributed by atoms with Crippen molar-refractivity contribution in [2.75, 3.05) is 16.6 Å². The van der Waals surface area contributed by atoms with Crippen molar-refractivity contribution in [3.05, 3.63) is 65.7 Å². The molecule has 146 valence electrons. The summed E-state index contributed by atoms with van der Waals surface area (Å²) in [6.45, 7) is 6.05. The predicted octanol–water partition coefficient (Wildman–Crippen LogP) is 4.04. The summed E-state index contributed by atoms with van der Waals surface area (Å²) < 4.78 is 33.3. The molecule has 0 aliphatic rings. The fraction of sp³-hybridized carbons (Fsp3) is 0.200. The smallest absolute Gasteiger partial charge is 0.263 e. The van der Waals surface area contributed by atoms with Crippen molar-refractivity contribution in [2.24, 2.45) is 0 Å². The topological polar surface area (TPSA) is 93.2 Å². The van der Waals surface area contributed by atoms with Gasteiger partial charge in [-0.15, -0.1) is 10.2 Å². The Morgan fingerprint density at radius 1 is 0.964 bits per heavy atom. The molecule has 0 atom stereocenters. The average molecular weight is 398 g/mol. The number of benzene rings is 2. The Hall–Kier alpha value is -3.13. The van der Waals surface area contributed by atoms with E-state index in [0.717, 1.165) is 11.3 Å². The van der Waals surface area contributed by atoms with E-state index in [9.17, 15) is 8.42 Å². The molecule has 0 saturated carbocycles. The zero-order valence-electron chi connectivity index (χ0n) is 15.9. The van der Waals surface area contributed by atoms with Gasteiger partial charge in [-0.25, -0.2) is 8.42 Å². The number of hydrogen-bond donors (Lipinski definition) is 2. The third-order valence-corrected chi connectivity index (χ3v) is 5.48. The number of anilines is 3. The second-order valence-corrected chi connectivity index (χ2v) is 7.88. The summed E-state index contributed by atoms with van der Waals surface area (Å²) in [4.78, 5) is 0.224. The van der Waals surface area contributed by atoms with Gasteiger partial charge in [0.25, 0.3) is 10.0 Å². The minimum absolute atomic E-state index is 0.143. The van der Waals surface area contributed by atoms with Crippen molar-refractivity contribution < 1.29 is 13.2 Å². The lowest BCUT2D eigenvalue weighted by molar-refractivity contribution is 0.342. The molecule has 0 radical (unpaired) electrons. The van der Waals surface area contributed by atoms with E-state index in [1.807, 2.05) is 44.2 Å². The van der Waals surface area contributed by atoms with Crippen LogP contribution in [0.2, 0.25) is 0 Å². The monoisotopic (exact) mass is 398 g/mol. The third-order valence-electron chi connectivity index (χ3n) is 3.99. The maximum absolute atomic E-state index is 12.7. The van der Waals surface area contributed by atoms with Crippen molar-refractivity contribution in [3.8, 4) is 5.75 Å². The number of rotatable bonds is 7. The molecule has 7 nitrogen and oxygen atoms in total. The van der Waals surface area contributed by atoms with Gasteiger partial charge in [0.2, 0.25) is 0 Å². The van der Waals surface area contributed by atoms with Crippen LogP contribution >= 0.6 is 0 Å². The Morgan fingerprint density at radius 3 is 2.39 bits per heavy atom. The molecule has 8 heteroatoms. The summed E-state index contributed by atoms with van der Waals surface area (Å²) in [7, 11) is -3.75. The van der Waals surface area contributed by atoms with Crippen molar-refractivity contribution in [3.63, 3.8) is 0 Å². The van der Waals surface area contributed by atoms with Crippen LogP contribution in [0.4, 0.5) is 17.3 Å². The second kappa shape index (κ2) is 8.26. The van der Waals surface area contributed by atoms with Gasteiger partial charge in [-0.2, -0.15) is 0 Å². The minimum Gasteiger partial charge on any atom is -0.492 e. The summed E-state index contributed by atoms with van der Waals surface area (Å²) in [5.74, 6) is 1.32. The minimum atomic E-state index is -3.75. The Labute approximate surface area is 164 Å². The Bertz CT molecular complexity index is 1070. The van der Waals surface area contributed by atoms with Crippen LogP contribution in [0.3, 0.4) is 0 Å². The van der Waals surface area contributed by atoms with Gasteiger partial charge < -0.3 is 10.1 Å². The number of nitrogens with one attached hydrogen (secondary N) is 2. The van der Waals surface area contributed by atoms with Gasteiger partial charge in [0.15, 0.2) is 11.6 Å². The third kappa shape index (κ3) is 4.58. The highest BCUT2D eigenvalue weighted by Gasteiger charge is 2.18. The lowest BCUT2D eigenvalue weighted by atomic mass is 10.2.